The summed E-state index contributed by atoms with van der Waals surface area (Å²) in [5.41, 5.74) is 6.53. The largest absolute Gasteiger partial charge is 0.481 e. The number of rotatable bonds is 6. The van der Waals surface area contributed by atoms with Crippen LogP contribution in [0.1, 0.15) is 18.4 Å². The van der Waals surface area contributed by atoms with Crippen molar-refractivity contribution in [2.45, 2.75) is 19.4 Å². The molecule has 4 aromatic rings. The lowest BCUT2D eigenvalue weighted by Crippen LogP contribution is -2.33. The van der Waals surface area contributed by atoms with Gasteiger partial charge in [0.15, 0.2) is 5.65 Å². The second-order valence-electron chi connectivity index (χ2n) is 8.13. The van der Waals surface area contributed by atoms with Crippen molar-refractivity contribution in [3.05, 3.63) is 66.6 Å². The number of Topliss-reactive ketones (excluding diaryl/α,β-unsaturated/α-hetero) is 1. The lowest BCUT2D eigenvalue weighted by molar-refractivity contribution is -0.121. The van der Waals surface area contributed by atoms with Crippen molar-refractivity contribution in [1.82, 2.24) is 18.8 Å². The Morgan fingerprint density at radius 3 is 2.39 bits per heavy atom. The summed E-state index contributed by atoms with van der Waals surface area (Å²) in [4.78, 5) is 23.0. The topological polar surface area (TPSA) is 60.2 Å². The third-order valence-electron chi connectivity index (χ3n) is 6.05. The van der Waals surface area contributed by atoms with Crippen LogP contribution in [0.25, 0.3) is 33.3 Å². The quantitative estimate of drug-likeness (QED) is 0.274. The van der Waals surface area contributed by atoms with Crippen molar-refractivity contribution in [3.63, 3.8) is 0 Å². The van der Waals surface area contributed by atoms with E-state index in [4.69, 9.17) is 9.72 Å². The van der Waals surface area contributed by atoms with Crippen LogP contribution >= 0.6 is 30.3 Å². The molecule has 0 radical (unpaired) electrons. The molecule has 4 heterocycles. The zero-order valence-corrected chi connectivity index (χ0v) is 21.2. The highest BCUT2D eigenvalue weighted by molar-refractivity contribution is 14.2. The van der Waals surface area contributed by atoms with Gasteiger partial charge in [0.2, 0.25) is 5.88 Å². The van der Waals surface area contributed by atoms with Gasteiger partial charge in [-0.15, -0.1) is 0 Å². The summed E-state index contributed by atoms with van der Waals surface area (Å²) in [5.74, 6) is 0.977. The Bertz CT molecular complexity index is 1280. The molecule has 1 aromatic carbocycles. The number of nitrogens with zero attached hydrogens (tertiary/aromatic N) is 4. The van der Waals surface area contributed by atoms with Crippen LogP contribution in [0.15, 0.2) is 61.1 Å². The standard InChI is InChI=1S/C25H23IN4O2S/c1-32-24-7-6-19(13-27-24)23-16-30(33-26)25-22(23)12-20(14-28-25)18-4-2-17(3-5-18)15-29-10-8-21(31)9-11-29/h2-7,12-14,16H,8-11,15H2,1H3. The SMILES string of the molecule is COc1ccc(-c2cn(SI)c3ncc(-c4ccc(CN5CCC(=O)CC5)cc4)cc23)cn1. The van der Waals surface area contributed by atoms with E-state index in [1.807, 2.05) is 24.5 Å². The first kappa shape index (κ1) is 22.4. The van der Waals surface area contributed by atoms with E-state index in [2.05, 4.69) is 71.6 Å². The van der Waals surface area contributed by atoms with Crippen molar-refractivity contribution in [1.29, 1.82) is 0 Å². The summed E-state index contributed by atoms with van der Waals surface area (Å²) >= 11 is 2.27. The van der Waals surface area contributed by atoms with Gasteiger partial charge < -0.3 is 4.74 Å². The van der Waals surface area contributed by atoms with E-state index in [-0.39, 0.29) is 0 Å². The maximum absolute atomic E-state index is 11.5. The number of piperidine rings is 1. The molecular formula is C25H23IN4O2S. The maximum atomic E-state index is 11.5. The van der Waals surface area contributed by atoms with Gasteiger partial charge >= 0.3 is 0 Å². The molecule has 1 fully saturated rings. The third kappa shape index (κ3) is 4.78. The fraction of sp³-hybridized carbons (Fsp3) is 0.240. The number of methoxy groups -OCH3 is 1. The zero-order valence-electron chi connectivity index (χ0n) is 18.2. The highest BCUT2D eigenvalue weighted by Crippen LogP contribution is 2.36. The zero-order chi connectivity index (χ0) is 22.8. The first-order valence-electron chi connectivity index (χ1n) is 10.8. The molecule has 0 aliphatic carbocycles. The molecule has 0 unspecified atom stereocenters. The predicted molar refractivity (Wildman–Crippen MR) is 141 cm³/mol. The minimum atomic E-state index is 0.379. The Hall–Kier alpha value is -2.43. The number of benzene rings is 1. The third-order valence-corrected chi connectivity index (χ3v) is 7.75. The molecule has 0 saturated carbocycles. The number of fused-ring (bicyclic) bond motifs is 1. The summed E-state index contributed by atoms with van der Waals surface area (Å²) in [7, 11) is 3.22. The minimum Gasteiger partial charge on any atom is -0.481 e. The average molecular weight is 570 g/mol. The highest BCUT2D eigenvalue weighted by Gasteiger charge is 2.17. The molecule has 1 aliphatic heterocycles. The van der Waals surface area contributed by atoms with Crippen LogP contribution in [0.3, 0.4) is 0 Å². The lowest BCUT2D eigenvalue weighted by atomic mass is 10.0. The second kappa shape index (κ2) is 9.82. The summed E-state index contributed by atoms with van der Waals surface area (Å²) in [6, 6.07) is 14.8. The van der Waals surface area contributed by atoms with Crippen LogP contribution in [0.5, 0.6) is 5.88 Å². The van der Waals surface area contributed by atoms with Crippen molar-refractivity contribution >= 4 is 47.1 Å². The van der Waals surface area contributed by atoms with E-state index in [9.17, 15) is 4.79 Å². The highest BCUT2D eigenvalue weighted by atomic mass is 127. The van der Waals surface area contributed by atoms with Gasteiger partial charge in [0.1, 0.15) is 5.78 Å². The van der Waals surface area contributed by atoms with Crippen molar-refractivity contribution < 1.29 is 9.53 Å². The molecular weight excluding hydrogens is 547 g/mol. The Morgan fingerprint density at radius 2 is 1.73 bits per heavy atom. The Morgan fingerprint density at radius 1 is 1.00 bits per heavy atom. The number of hydrogen-bond donors (Lipinski definition) is 0. The van der Waals surface area contributed by atoms with Gasteiger partial charge in [-0.2, -0.15) is 0 Å². The molecule has 0 N–H and O–H groups in total. The summed E-state index contributed by atoms with van der Waals surface area (Å²) in [6.45, 7) is 2.60. The molecule has 5 rings (SSSR count). The van der Waals surface area contributed by atoms with Crippen LogP contribution in [-0.4, -0.2) is 44.8 Å². The maximum Gasteiger partial charge on any atom is 0.212 e. The molecule has 1 saturated heterocycles. The molecule has 0 amide bonds. The second-order valence-corrected chi connectivity index (χ2v) is 9.85. The molecule has 3 aromatic heterocycles. The number of halogens is 1. The molecule has 33 heavy (non-hydrogen) atoms. The van der Waals surface area contributed by atoms with Gasteiger partial charge in [-0.05, 0) is 23.3 Å². The molecule has 6 nitrogen and oxygen atoms in total. The van der Waals surface area contributed by atoms with E-state index in [1.165, 1.54) is 5.56 Å². The number of hydrogen-bond acceptors (Lipinski definition) is 6. The first-order valence-corrected chi connectivity index (χ1v) is 14.1. The van der Waals surface area contributed by atoms with E-state index < -0.39 is 0 Å². The van der Waals surface area contributed by atoms with Crippen LogP contribution < -0.4 is 4.74 Å². The molecule has 168 valence electrons. The summed E-state index contributed by atoms with van der Waals surface area (Å²) in [6.07, 6.45) is 7.23. The van der Waals surface area contributed by atoms with Gasteiger partial charge in [0.25, 0.3) is 0 Å². The normalized spacial score (nSPS) is 14.7. The van der Waals surface area contributed by atoms with E-state index >= 15 is 0 Å². The van der Waals surface area contributed by atoms with Gasteiger partial charge in [-0.25, -0.2) is 9.97 Å². The van der Waals surface area contributed by atoms with Gasteiger partial charge in [-0.1, -0.05) is 24.3 Å². The van der Waals surface area contributed by atoms with Crippen LogP contribution in [0.4, 0.5) is 0 Å². The van der Waals surface area contributed by atoms with Gasteiger partial charge in [-0.3, -0.25) is 13.7 Å². The van der Waals surface area contributed by atoms with Crippen molar-refractivity contribution in [2.75, 3.05) is 20.2 Å². The number of ether oxygens (including phenoxy) is 1. The number of likely N-dealkylation sites (tertiary alicyclic amines) is 1. The lowest BCUT2D eigenvalue weighted by Gasteiger charge is -2.25. The average Bonchev–Trinajstić information content (AvgIpc) is 3.24. The fourth-order valence-electron chi connectivity index (χ4n) is 4.20. The Kier molecular flexibility index (Phi) is 6.66. The number of ketones is 1. The van der Waals surface area contributed by atoms with E-state index in [1.54, 1.807) is 16.2 Å². The fourth-order valence-corrected chi connectivity index (χ4v) is 5.46. The molecule has 8 heteroatoms. The van der Waals surface area contributed by atoms with Gasteiger partial charge in [0, 0.05) is 110 Å². The van der Waals surface area contributed by atoms with Crippen LogP contribution in [-0.2, 0) is 11.3 Å². The predicted octanol–water partition coefficient (Wildman–Crippen LogP) is 5.79. The number of pyridine rings is 2. The number of carbonyl (C=O) groups excluding carboxylic acids is 1. The monoisotopic (exact) mass is 570 g/mol. The van der Waals surface area contributed by atoms with Crippen LogP contribution in [0, 0.1) is 0 Å². The van der Waals surface area contributed by atoms with Gasteiger partial charge in [0.05, 0.1) is 7.11 Å². The number of carbonyl (C=O) groups is 1. The Labute approximate surface area is 209 Å². The number of aromatic nitrogens is 3. The van der Waals surface area contributed by atoms with Crippen LogP contribution in [0.2, 0.25) is 0 Å². The van der Waals surface area contributed by atoms with Crippen molar-refractivity contribution in [2.24, 2.45) is 0 Å². The smallest absolute Gasteiger partial charge is 0.212 e. The van der Waals surface area contributed by atoms with Crippen molar-refractivity contribution in [3.8, 4) is 28.1 Å². The summed E-state index contributed by atoms with van der Waals surface area (Å²) < 4.78 is 7.28. The first-order chi connectivity index (χ1) is 16.1. The van der Waals surface area contributed by atoms with E-state index in [0.29, 0.717) is 24.5 Å². The Balaban J connectivity index is 1.44. The molecule has 0 atom stereocenters. The minimum absolute atomic E-state index is 0.379. The molecule has 0 spiro atoms. The molecule has 1 aliphatic rings. The molecule has 0 bridgehead atoms. The summed E-state index contributed by atoms with van der Waals surface area (Å²) in [5, 5.41) is 1.09. The van der Waals surface area contributed by atoms with E-state index in [0.717, 1.165) is 52.9 Å².